The van der Waals surface area contributed by atoms with E-state index in [4.69, 9.17) is 15.2 Å². The number of nitrogens with zero attached hydrogens (tertiary/aromatic N) is 4. The van der Waals surface area contributed by atoms with Gasteiger partial charge in [-0.1, -0.05) is 31.5 Å². The fraction of sp³-hybridized carbons (Fsp3) is 0.433. The standard InChI is InChI=1S/C30H37N5O5/c1-2-3-13-35(23-7-4-6-21(15-23)17-31)28(36)19-33-18-24(22-8-9-26-27(16-22)40-20-39-26)29(30(37)38)25(33)10-14-34-12-5-11-32-34/h4-9,11-12,15-16,24-25,29H,2-3,10,13-14,17-20,31H2,1H3,(H,37,38). The number of carbonyl (C=O) groups excluding carboxylic acids is 1. The van der Waals surface area contributed by atoms with E-state index in [0.717, 1.165) is 29.7 Å². The van der Waals surface area contributed by atoms with Crippen molar-refractivity contribution in [3.05, 3.63) is 72.1 Å². The maximum atomic E-state index is 13.9. The summed E-state index contributed by atoms with van der Waals surface area (Å²) in [6.07, 6.45) is 5.93. The predicted molar refractivity (Wildman–Crippen MR) is 150 cm³/mol. The minimum Gasteiger partial charge on any atom is -0.481 e. The normalized spacial score (nSPS) is 20.1. The highest BCUT2D eigenvalue weighted by molar-refractivity contribution is 5.95. The van der Waals surface area contributed by atoms with Gasteiger partial charge in [-0.3, -0.25) is 19.2 Å². The molecule has 0 spiro atoms. The molecule has 3 heterocycles. The van der Waals surface area contributed by atoms with E-state index in [0.29, 0.717) is 44.1 Å². The molecule has 10 nitrogen and oxygen atoms in total. The van der Waals surface area contributed by atoms with E-state index >= 15 is 0 Å². The maximum absolute atomic E-state index is 13.9. The van der Waals surface area contributed by atoms with Crippen molar-refractivity contribution in [3.63, 3.8) is 0 Å². The van der Waals surface area contributed by atoms with Gasteiger partial charge in [-0.2, -0.15) is 5.10 Å². The van der Waals surface area contributed by atoms with Crippen LogP contribution < -0.4 is 20.1 Å². The Bertz CT molecular complexity index is 1310. The number of amides is 1. The predicted octanol–water partition coefficient (Wildman–Crippen LogP) is 3.46. The molecule has 212 valence electrons. The molecule has 1 saturated heterocycles. The lowest BCUT2D eigenvalue weighted by Gasteiger charge is -2.30. The summed E-state index contributed by atoms with van der Waals surface area (Å²) in [6, 6.07) is 14.9. The molecule has 2 aliphatic heterocycles. The number of unbranched alkanes of at least 4 members (excludes halogenated alkanes) is 1. The third kappa shape index (κ3) is 5.97. The topological polar surface area (TPSA) is 123 Å². The smallest absolute Gasteiger partial charge is 0.308 e. The minimum atomic E-state index is -0.874. The van der Waals surface area contributed by atoms with Crippen LogP contribution in [0.4, 0.5) is 5.69 Å². The van der Waals surface area contributed by atoms with Crippen molar-refractivity contribution in [1.29, 1.82) is 0 Å². The number of aliphatic carboxylic acids is 1. The third-order valence-electron chi connectivity index (χ3n) is 7.90. The molecule has 0 aliphatic carbocycles. The first-order valence-corrected chi connectivity index (χ1v) is 13.9. The Kier molecular flexibility index (Phi) is 8.66. The SMILES string of the molecule is CCCCN(C(=O)CN1CC(c2ccc3c(c2)OCO3)C(C(=O)O)C1CCn1cccn1)c1cccc(CN)c1. The molecule has 0 radical (unpaired) electrons. The van der Waals surface area contributed by atoms with Crippen LogP contribution in [0.15, 0.2) is 60.9 Å². The van der Waals surface area contributed by atoms with E-state index in [1.165, 1.54) is 0 Å². The van der Waals surface area contributed by atoms with Crippen molar-refractivity contribution < 1.29 is 24.2 Å². The van der Waals surface area contributed by atoms with Crippen molar-refractivity contribution in [2.24, 2.45) is 11.7 Å². The minimum absolute atomic E-state index is 0.0535. The molecular weight excluding hydrogens is 510 g/mol. The monoisotopic (exact) mass is 547 g/mol. The first kappa shape index (κ1) is 27.7. The van der Waals surface area contributed by atoms with Gasteiger partial charge in [-0.05, 0) is 54.3 Å². The van der Waals surface area contributed by atoms with Gasteiger partial charge >= 0.3 is 5.97 Å². The number of aryl methyl sites for hydroxylation is 1. The van der Waals surface area contributed by atoms with Gasteiger partial charge in [0.1, 0.15) is 0 Å². The van der Waals surface area contributed by atoms with E-state index in [2.05, 4.69) is 12.0 Å². The fourth-order valence-electron chi connectivity index (χ4n) is 5.86. The molecule has 10 heteroatoms. The molecule has 1 fully saturated rings. The van der Waals surface area contributed by atoms with E-state index in [1.54, 1.807) is 10.9 Å². The van der Waals surface area contributed by atoms with Crippen LogP contribution in [0.2, 0.25) is 0 Å². The second-order valence-electron chi connectivity index (χ2n) is 10.4. The molecule has 0 saturated carbocycles. The van der Waals surface area contributed by atoms with E-state index in [9.17, 15) is 14.7 Å². The largest absolute Gasteiger partial charge is 0.481 e. The Balaban J connectivity index is 1.43. The van der Waals surface area contributed by atoms with Gasteiger partial charge in [0.2, 0.25) is 12.7 Å². The van der Waals surface area contributed by atoms with E-state index in [-0.39, 0.29) is 31.2 Å². The number of nitrogens with two attached hydrogens (primary N) is 1. The molecule has 2 aromatic carbocycles. The van der Waals surface area contributed by atoms with Crippen LogP contribution in [-0.2, 0) is 22.7 Å². The zero-order valence-corrected chi connectivity index (χ0v) is 22.8. The van der Waals surface area contributed by atoms with Gasteiger partial charge in [-0.25, -0.2) is 0 Å². The van der Waals surface area contributed by atoms with Gasteiger partial charge in [0.05, 0.1) is 12.5 Å². The second kappa shape index (κ2) is 12.5. The zero-order valence-electron chi connectivity index (χ0n) is 22.8. The van der Waals surface area contributed by atoms with Crippen molar-refractivity contribution in [3.8, 4) is 11.5 Å². The van der Waals surface area contributed by atoms with Crippen molar-refractivity contribution in [2.45, 2.75) is 51.2 Å². The Morgan fingerprint density at radius 3 is 2.75 bits per heavy atom. The highest BCUT2D eigenvalue weighted by Crippen LogP contribution is 2.43. The Hall–Kier alpha value is -3.89. The maximum Gasteiger partial charge on any atom is 0.308 e. The number of fused-ring (bicyclic) bond motifs is 1. The Labute approximate surface area is 234 Å². The first-order chi connectivity index (χ1) is 19.5. The number of rotatable bonds is 12. The highest BCUT2D eigenvalue weighted by Gasteiger charge is 2.47. The Morgan fingerprint density at radius 1 is 1.15 bits per heavy atom. The van der Waals surface area contributed by atoms with Crippen molar-refractivity contribution in [1.82, 2.24) is 14.7 Å². The number of anilines is 1. The number of carboxylic acids is 1. The lowest BCUT2D eigenvalue weighted by Crippen LogP contribution is -2.45. The molecule has 0 bridgehead atoms. The molecule has 40 heavy (non-hydrogen) atoms. The molecule has 3 atom stereocenters. The summed E-state index contributed by atoms with van der Waals surface area (Å²) in [7, 11) is 0. The third-order valence-corrected chi connectivity index (χ3v) is 7.90. The van der Waals surface area contributed by atoms with Gasteiger partial charge in [0.15, 0.2) is 11.5 Å². The van der Waals surface area contributed by atoms with Crippen LogP contribution >= 0.6 is 0 Å². The molecule has 3 N–H and O–H groups in total. The summed E-state index contributed by atoms with van der Waals surface area (Å²) < 4.78 is 12.9. The van der Waals surface area contributed by atoms with Gasteiger partial charge in [-0.15, -0.1) is 0 Å². The molecule has 5 rings (SSSR count). The van der Waals surface area contributed by atoms with Crippen LogP contribution in [0.3, 0.4) is 0 Å². The summed E-state index contributed by atoms with van der Waals surface area (Å²) in [5.74, 6) is -0.666. The second-order valence-corrected chi connectivity index (χ2v) is 10.4. The molecule has 3 aromatic rings. The molecular formula is C30H37N5O5. The van der Waals surface area contributed by atoms with Crippen LogP contribution in [0.5, 0.6) is 11.5 Å². The van der Waals surface area contributed by atoms with Crippen LogP contribution in [0.1, 0.15) is 43.2 Å². The van der Waals surface area contributed by atoms with Gasteiger partial charge in [0.25, 0.3) is 0 Å². The summed E-state index contributed by atoms with van der Waals surface area (Å²) in [5.41, 5.74) is 8.52. The first-order valence-electron chi connectivity index (χ1n) is 13.9. The zero-order chi connectivity index (χ0) is 28.1. The lowest BCUT2D eigenvalue weighted by molar-refractivity contribution is -0.143. The number of likely N-dealkylation sites (tertiary alicyclic amines) is 1. The summed E-state index contributed by atoms with van der Waals surface area (Å²) >= 11 is 0. The molecule has 1 amide bonds. The van der Waals surface area contributed by atoms with Crippen LogP contribution in [-0.4, -0.2) is 64.1 Å². The average molecular weight is 548 g/mol. The number of benzene rings is 2. The van der Waals surface area contributed by atoms with E-state index < -0.39 is 11.9 Å². The van der Waals surface area contributed by atoms with Gasteiger partial charge < -0.3 is 25.2 Å². The quantitative estimate of drug-likeness (QED) is 0.353. The number of ether oxygens (including phenoxy) is 2. The molecule has 1 aromatic heterocycles. The summed E-state index contributed by atoms with van der Waals surface area (Å²) in [6.45, 7) is 4.34. The Morgan fingerprint density at radius 2 is 2.00 bits per heavy atom. The highest BCUT2D eigenvalue weighted by atomic mass is 16.7. The molecule has 2 aliphatic rings. The van der Waals surface area contributed by atoms with E-state index in [1.807, 2.05) is 64.5 Å². The number of hydrogen-bond acceptors (Lipinski definition) is 7. The van der Waals surface area contributed by atoms with Gasteiger partial charge in [0, 0.05) is 56.2 Å². The van der Waals surface area contributed by atoms with Crippen molar-refractivity contribution in [2.75, 3.05) is 31.3 Å². The lowest BCUT2D eigenvalue weighted by atomic mass is 9.84. The summed E-state index contributed by atoms with van der Waals surface area (Å²) in [4.78, 5) is 30.5. The average Bonchev–Trinajstić information content (AvgIpc) is 3.72. The number of carboxylic acid groups (broad SMARTS) is 1. The van der Waals surface area contributed by atoms with Crippen LogP contribution in [0.25, 0.3) is 0 Å². The summed E-state index contributed by atoms with van der Waals surface area (Å²) in [5, 5.41) is 14.8. The van der Waals surface area contributed by atoms with Crippen molar-refractivity contribution >= 4 is 17.6 Å². The number of aromatic nitrogens is 2. The van der Waals surface area contributed by atoms with Crippen LogP contribution in [0, 0.1) is 5.92 Å². The number of hydrogen-bond donors (Lipinski definition) is 2. The molecule has 3 unspecified atom stereocenters. The number of carbonyl (C=O) groups is 2. The fourth-order valence-corrected chi connectivity index (χ4v) is 5.86.